The van der Waals surface area contributed by atoms with Crippen molar-refractivity contribution in [2.24, 2.45) is 0 Å². The minimum atomic E-state index is -2.68. The van der Waals surface area contributed by atoms with Crippen LogP contribution in [0.1, 0.15) is 71.6 Å². The lowest BCUT2D eigenvalue weighted by molar-refractivity contribution is -0.384. The van der Waals surface area contributed by atoms with E-state index in [-0.39, 0.29) is 12.8 Å². The summed E-state index contributed by atoms with van der Waals surface area (Å²) in [4.78, 5) is 25.1. The lowest BCUT2D eigenvalue weighted by Gasteiger charge is -2.55. The van der Waals surface area contributed by atoms with Crippen LogP contribution < -0.4 is 5.32 Å². The number of nitrogens with one attached hydrogen (secondary N) is 1. The Balaban J connectivity index is 2.40. The Labute approximate surface area is 238 Å². The molecule has 0 aromatic carbocycles. The number of aliphatic hydroxyl groups is 8. The van der Waals surface area contributed by atoms with E-state index in [9.17, 15) is 55.5 Å². The lowest BCUT2D eigenvalue weighted by Crippen LogP contribution is -2.81. The number of carbonyl (C=O) groups is 2. The maximum Gasteiger partial charge on any atom is 0.332 e. The van der Waals surface area contributed by atoms with Crippen LogP contribution in [0.4, 0.5) is 0 Å². The molecule has 0 spiro atoms. The summed E-state index contributed by atoms with van der Waals surface area (Å²) in [6.45, 7) is 1.02. The van der Waals surface area contributed by atoms with E-state index < -0.39 is 91.5 Å². The summed E-state index contributed by atoms with van der Waals surface area (Å²) in [6, 6.07) is 0. The standard InChI is InChI=1S/C26H47NO14/c1-3-4-5-6-7-8-9-10-11-25(24(37)38,27-14(2)30)26(13-29)21(35)17(32)19(34)23(41-26)40-20-15(12-28)39-22(36)18(33)16(20)31/h15-23,28-29,31-36H,3-13H2,1-2H3,(H,27,30)(H,37,38)/t15-,16-,17-,18-,19-,20-,21-,22-,23+,25?,26-/m1/s1. The number of amides is 1. The second kappa shape index (κ2) is 15.8. The van der Waals surface area contributed by atoms with Crippen molar-refractivity contribution >= 4 is 11.9 Å². The summed E-state index contributed by atoms with van der Waals surface area (Å²) >= 11 is 0. The summed E-state index contributed by atoms with van der Waals surface area (Å²) in [5.74, 6) is -2.54. The molecule has 2 heterocycles. The SMILES string of the molecule is CCCCCCCCCCC(NC(C)=O)(C(=O)O)[C@]1(CO)O[C@H](O[C@H]2[C@H](O)[C@@H](O)[C@H](O)O[C@@H]2CO)[C@H](O)[C@@H](O)[C@H]1O. The normalized spacial score (nSPS) is 37.4. The van der Waals surface area contributed by atoms with E-state index in [1.165, 1.54) is 0 Å². The van der Waals surface area contributed by atoms with Crippen molar-refractivity contribution in [3.63, 3.8) is 0 Å². The molecule has 0 aliphatic carbocycles. The van der Waals surface area contributed by atoms with Crippen molar-refractivity contribution < 1.29 is 69.8 Å². The average molecular weight is 598 g/mol. The van der Waals surface area contributed by atoms with E-state index in [0.717, 1.165) is 45.4 Å². The van der Waals surface area contributed by atoms with Crippen LogP contribution in [0.5, 0.6) is 0 Å². The van der Waals surface area contributed by atoms with Crippen LogP contribution in [0.2, 0.25) is 0 Å². The number of hydrogen-bond donors (Lipinski definition) is 10. The van der Waals surface area contributed by atoms with Gasteiger partial charge in [-0.3, -0.25) is 4.79 Å². The zero-order valence-corrected chi connectivity index (χ0v) is 23.5. The molecule has 0 saturated carbocycles. The largest absolute Gasteiger partial charge is 0.479 e. The van der Waals surface area contributed by atoms with Crippen LogP contribution in [-0.2, 0) is 23.8 Å². The Hall–Kier alpha value is -1.50. The molecule has 0 bridgehead atoms. The number of aliphatic hydroxyl groups excluding tert-OH is 8. The molecular weight excluding hydrogens is 550 g/mol. The van der Waals surface area contributed by atoms with Crippen LogP contribution >= 0.6 is 0 Å². The first-order valence-corrected chi connectivity index (χ1v) is 14.1. The maximum absolute atomic E-state index is 12.9. The van der Waals surface area contributed by atoms with Gasteiger partial charge in [0.25, 0.3) is 0 Å². The Morgan fingerprint density at radius 1 is 0.878 bits per heavy atom. The van der Waals surface area contributed by atoms with Gasteiger partial charge in [-0.1, -0.05) is 58.3 Å². The number of carboxylic acids is 1. The summed E-state index contributed by atoms with van der Waals surface area (Å²) < 4.78 is 16.3. The minimum Gasteiger partial charge on any atom is -0.479 e. The highest BCUT2D eigenvalue weighted by atomic mass is 16.7. The highest BCUT2D eigenvalue weighted by Crippen LogP contribution is 2.42. The van der Waals surface area contributed by atoms with E-state index in [1.54, 1.807) is 0 Å². The van der Waals surface area contributed by atoms with Crippen molar-refractivity contribution in [3.8, 4) is 0 Å². The molecule has 15 heteroatoms. The number of ether oxygens (including phenoxy) is 3. The highest BCUT2D eigenvalue weighted by Gasteiger charge is 2.68. The maximum atomic E-state index is 12.9. The fourth-order valence-electron chi connectivity index (χ4n) is 5.63. The number of hydrogen-bond acceptors (Lipinski definition) is 13. The molecule has 10 N–H and O–H groups in total. The van der Waals surface area contributed by atoms with Crippen molar-refractivity contribution in [2.45, 2.75) is 138 Å². The highest BCUT2D eigenvalue weighted by molar-refractivity contribution is 5.87. The van der Waals surface area contributed by atoms with Crippen LogP contribution in [0.25, 0.3) is 0 Å². The molecule has 1 unspecified atom stereocenters. The van der Waals surface area contributed by atoms with E-state index >= 15 is 0 Å². The van der Waals surface area contributed by atoms with E-state index in [2.05, 4.69) is 12.2 Å². The first-order valence-electron chi connectivity index (χ1n) is 14.1. The molecule has 2 aliphatic heterocycles. The second-order valence-electron chi connectivity index (χ2n) is 10.9. The van der Waals surface area contributed by atoms with Gasteiger partial charge in [0.15, 0.2) is 23.7 Å². The number of carbonyl (C=O) groups excluding carboxylic acids is 1. The Kier molecular flexibility index (Phi) is 13.8. The zero-order chi connectivity index (χ0) is 31.0. The number of carboxylic acid groups (broad SMARTS) is 1. The monoisotopic (exact) mass is 597 g/mol. The van der Waals surface area contributed by atoms with E-state index in [0.29, 0.717) is 6.42 Å². The molecule has 1 amide bonds. The summed E-state index contributed by atoms with van der Waals surface area (Å²) in [7, 11) is 0. The fraction of sp³-hybridized carbons (Fsp3) is 0.923. The molecular formula is C26H47NO14. The zero-order valence-electron chi connectivity index (χ0n) is 23.5. The van der Waals surface area contributed by atoms with Gasteiger partial charge in [0.2, 0.25) is 5.91 Å². The van der Waals surface area contributed by atoms with Gasteiger partial charge in [0.05, 0.1) is 13.2 Å². The molecule has 240 valence electrons. The molecule has 2 fully saturated rings. The van der Waals surface area contributed by atoms with Gasteiger partial charge in [-0.05, 0) is 6.42 Å². The van der Waals surface area contributed by atoms with Crippen LogP contribution in [-0.4, -0.2) is 137 Å². The summed E-state index contributed by atoms with van der Waals surface area (Å²) in [5.41, 5.74) is -5.20. The Morgan fingerprint density at radius 2 is 1.46 bits per heavy atom. The quantitative estimate of drug-likeness (QED) is 0.0823. The third-order valence-corrected chi connectivity index (χ3v) is 8.00. The third kappa shape index (κ3) is 7.72. The third-order valence-electron chi connectivity index (χ3n) is 8.00. The van der Waals surface area contributed by atoms with Gasteiger partial charge in [0, 0.05) is 6.92 Å². The van der Waals surface area contributed by atoms with Crippen LogP contribution in [0, 0.1) is 0 Å². The molecule has 0 radical (unpaired) electrons. The topological polar surface area (TPSA) is 256 Å². The van der Waals surface area contributed by atoms with Gasteiger partial charge in [-0.2, -0.15) is 0 Å². The lowest BCUT2D eigenvalue weighted by atomic mass is 9.69. The Bertz CT molecular complexity index is 832. The van der Waals surface area contributed by atoms with Gasteiger partial charge in [-0.15, -0.1) is 0 Å². The summed E-state index contributed by atoms with van der Waals surface area (Å²) in [6.07, 6.45) is -11.1. The van der Waals surface area contributed by atoms with Crippen LogP contribution in [0.3, 0.4) is 0 Å². The molecule has 0 aromatic rings. The first-order chi connectivity index (χ1) is 19.3. The first kappa shape index (κ1) is 35.7. The number of aliphatic carboxylic acids is 1. The molecule has 0 aromatic heterocycles. The Morgan fingerprint density at radius 3 is 1.98 bits per heavy atom. The van der Waals surface area contributed by atoms with Gasteiger partial charge in [0.1, 0.15) is 42.7 Å². The smallest absolute Gasteiger partial charge is 0.332 e. The predicted molar refractivity (Wildman–Crippen MR) is 139 cm³/mol. The van der Waals surface area contributed by atoms with Crippen molar-refractivity contribution in [2.75, 3.05) is 13.2 Å². The molecule has 41 heavy (non-hydrogen) atoms. The second-order valence-corrected chi connectivity index (χ2v) is 10.9. The van der Waals surface area contributed by atoms with Gasteiger partial charge < -0.3 is 65.5 Å². The van der Waals surface area contributed by atoms with Crippen molar-refractivity contribution in [1.29, 1.82) is 0 Å². The number of rotatable bonds is 16. The predicted octanol–water partition coefficient (Wildman–Crippen LogP) is -2.54. The van der Waals surface area contributed by atoms with E-state index in [4.69, 9.17) is 14.2 Å². The van der Waals surface area contributed by atoms with Gasteiger partial charge in [-0.25, -0.2) is 4.79 Å². The van der Waals surface area contributed by atoms with Gasteiger partial charge >= 0.3 is 5.97 Å². The molecule has 2 rings (SSSR count). The minimum absolute atomic E-state index is 0.216. The van der Waals surface area contributed by atoms with E-state index in [1.807, 2.05) is 0 Å². The van der Waals surface area contributed by atoms with Crippen LogP contribution in [0.15, 0.2) is 0 Å². The molecule has 15 nitrogen and oxygen atoms in total. The molecule has 11 atom stereocenters. The molecule has 2 saturated heterocycles. The van der Waals surface area contributed by atoms with Crippen molar-refractivity contribution in [1.82, 2.24) is 5.32 Å². The average Bonchev–Trinajstić information content (AvgIpc) is 2.93. The summed E-state index contributed by atoms with van der Waals surface area (Å²) in [5, 5.41) is 95.7. The molecule has 2 aliphatic rings. The fourth-order valence-corrected chi connectivity index (χ4v) is 5.63. The number of unbranched alkanes of at least 4 members (excludes halogenated alkanes) is 7. The van der Waals surface area contributed by atoms with Crippen molar-refractivity contribution in [3.05, 3.63) is 0 Å².